The van der Waals surface area contributed by atoms with Crippen LogP contribution in [0.15, 0.2) is 4.42 Å². The van der Waals surface area contributed by atoms with E-state index in [1.165, 1.54) is 0 Å². The summed E-state index contributed by atoms with van der Waals surface area (Å²) in [5.41, 5.74) is 6.74. The van der Waals surface area contributed by atoms with Gasteiger partial charge in [-0.15, -0.1) is 12.4 Å². The minimum absolute atomic E-state index is 0. The maximum atomic E-state index is 12.8. The van der Waals surface area contributed by atoms with Gasteiger partial charge in [0.25, 0.3) is 0 Å². The fourth-order valence-corrected chi connectivity index (χ4v) is 3.61. The van der Waals surface area contributed by atoms with Gasteiger partial charge in [0, 0.05) is 31.3 Å². The molecule has 1 aromatic heterocycles. The highest BCUT2D eigenvalue weighted by Crippen LogP contribution is 2.28. The van der Waals surface area contributed by atoms with Crippen molar-refractivity contribution in [2.24, 2.45) is 17.6 Å². The quantitative estimate of drug-likeness (QED) is 0.845. The van der Waals surface area contributed by atoms with E-state index in [4.69, 9.17) is 10.2 Å². The first-order valence-electron chi connectivity index (χ1n) is 9.14. The zero-order valence-corrected chi connectivity index (χ0v) is 15.9. The van der Waals surface area contributed by atoms with Crippen molar-refractivity contribution in [3.8, 4) is 0 Å². The molecular formula is C18H30ClN3O3. The molecular weight excluding hydrogens is 342 g/mol. The Labute approximate surface area is 155 Å². The van der Waals surface area contributed by atoms with Crippen LogP contribution in [0, 0.1) is 11.8 Å². The number of halogens is 1. The van der Waals surface area contributed by atoms with Gasteiger partial charge in [0.05, 0.1) is 12.6 Å². The van der Waals surface area contributed by atoms with Gasteiger partial charge < -0.3 is 20.2 Å². The summed E-state index contributed by atoms with van der Waals surface area (Å²) in [5, 5.41) is 9.94. The van der Waals surface area contributed by atoms with Crippen LogP contribution in [0.1, 0.15) is 56.9 Å². The molecule has 3 rings (SSSR count). The van der Waals surface area contributed by atoms with Gasteiger partial charge in [0.15, 0.2) is 5.89 Å². The molecule has 0 bridgehead atoms. The van der Waals surface area contributed by atoms with Gasteiger partial charge >= 0.3 is 0 Å². The average molecular weight is 372 g/mol. The second-order valence-electron chi connectivity index (χ2n) is 7.66. The lowest BCUT2D eigenvalue weighted by atomic mass is 9.83. The maximum Gasteiger partial charge on any atom is 0.226 e. The Morgan fingerprint density at radius 1 is 1.44 bits per heavy atom. The predicted molar refractivity (Wildman–Crippen MR) is 97.4 cm³/mol. The average Bonchev–Trinajstić information content (AvgIpc) is 2.96. The Morgan fingerprint density at radius 3 is 2.88 bits per heavy atom. The maximum absolute atomic E-state index is 12.8. The number of oxazole rings is 1. The van der Waals surface area contributed by atoms with E-state index in [2.05, 4.69) is 18.8 Å². The van der Waals surface area contributed by atoms with Gasteiger partial charge in [-0.3, -0.25) is 4.79 Å². The molecule has 0 saturated heterocycles. The fourth-order valence-electron chi connectivity index (χ4n) is 3.61. The Morgan fingerprint density at radius 2 is 2.20 bits per heavy atom. The van der Waals surface area contributed by atoms with E-state index < -0.39 is 6.10 Å². The van der Waals surface area contributed by atoms with Crippen molar-refractivity contribution in [2.75, 3.05) is 6.54 Å². The smallest absolute Gasteiger partial charge is 0.226 e. The molecule has 6 nitrogen and oxygen atoms in total. The van der Waals surface area contributed by atoms with Crippen LogP contribution in [0.3, 0.4) is 0 Å². The summed E-state index contributed by atoms with van der Waals surface area (Å²) in [6.45, 7) is 5.57. The molecule has 1 saturated carbocycles. The molecule has 1 fully saturated rings. The van der Waals surface area contributed by atoms with Crippen LogP contribution in [-0.2, 0) is 24.2 Å². The Kier molecular flexibility index (Phi) is 6.88. The lowest BCUT2D eigenvalue weighted by Gasteiger charge is -2.34. The number of nitrogens with zero attached hydrogens (tertiary/aromatic N) is 2. The van der Waals surface area contributed by atoms with Crippen LogP contribution in [-0.4, -0.2) is 39.6 Å². The third-order valence-corrected chi connectivity index (χ3v) is 5.24. The van der Waals surface area contributed by atoms with E-state index in [0.717, 1.165) is 43.0 Å². The van der Waals surface area contributed by atoms with E-state index in [-0.39, 0.29) is 30.3 Å². The number of aromatic nitrogens is 1. The number of carbonyl (C=O) groups excluding carboxylic acids is 1. The number of aryl methyl sites for hydroxylation is 1. The topological polar surface area (TPSA) is 92.6 Å². The van der Waals surface area contributed by atoms with Gasteiger partial charge in [0.2, 0.25) is 5.91 Å². The number of hydrogen-bond acceptors (Lipinski definition) is 5. The summed E-state index contributed by atoms with van der Waals surface area (Å²) in [7, 11) is 0. The highest BCUT2D eigenvalue weighted by atomic mass is 35.5. The van der Waals surface area contributed by atoms with Crippen molar-refractivity contribution < 1.29 is 14.3 Å². The standard InChI is InChI=1S/C18H29N3O3.ClH/c1-11(2)3-6-17-20-14-10-21(8-7-16(14)24-17)18(23)12-4-5-13(19)15(22)9-12;/h11-13,15,22H,3-10,19H2,1-2H3;1H/t12-,13+,15+;/m0./s1. The number of carbonyl (C=O) groups is 1. The zero-order chi connectivity index (χ0) is 17.3. The molecule has 3 N–H and O–H groups in total. The summed E-state index contributed by atoms with van der Waals surface area (Å²) in [4.78, 5) is 19.2. The second kappa shape index (κ2) is 8.52. The van der Waals surface area contributed by atoms with Crippen molar-refractivity contribution in [1.82, 2.24) is 9.88 Å². The highest BCUT2D eigenvalue weighted by molar-refractivity contribution is 5.85. The molecule has 0 spiro atoms. The number of fused-ring (bicyclic) bond motifs is 1. The Bertz CT molecular complexity index is 590. The molecule has 1 aliphatic heterocycles. The van der Waals surface area contributed by atoms with Crippen LogP contribution in [0.4, 0.5) is 0 Å². The minimum Gasteiger partial charge on any atom is -0.445 e. The number of nitrogens with two attached hydrogens (primary N) is 1. The molecule has 142 valence electrons. The number of hydrogen-bond donors (Lipinski definition) is 2. The Hall–Kier alpha value is -1.11. The van der Waals surface area contributed by atoms with Crippen molar-refractivity contribution in [3.05, 3.63) is 17.3 Å². The summed E-state index contributed by atoms with van der Waals surface area (Å²) in [6, 6.07) is -0.193. The molecule has 3 atom stereocenters. The van der Waals surface area contributed by atoms with Gasteiger partial charge in [-0.25, -0.2) is 4.98 Å². The number of amides is 1. The molecule has 25 heavy (non-hydrogen) atoms. The molecule has 2 heterocycles. The monoisotopic (exact) mass is 371 g/mol. The zero-order valence-electron chi connectivity index (χ0n) is 15.1. The van der Waals surface area contributed by atoms with Gasteiger partial charge in [-0.05, 0) is 31.6 Å². The normalized spacial score (nSPS) is 26.3. The predicted octanol–water partition coefficient (Wildman–Crippen LogP) is 2.06. The molecule has 1 amide bonds. The van der Waals surface area contributed by atoms with Crippen LogP contribution >= 0.6 is 12.4 Å². The minimum atomic E-state index is -0.567. The van der Waals surface area contributed by atoms with E-state index in [1.54, 1.807) is 0 Å². The molecule has 0 aromatic carbocycles. The molecule has 0 radical (unpaired) electrons. The van der Waals surface area contributed by atoms with E-state index in [1.807, 2.05) is 4.90 Å². The number of rotatable bonds is 4. The van der Waals surface area contributed by atoms with Crippen LogP contribution in [0.2, 0.25) is 0 Å². The van der Waals surface area contributed by atoms with Crippen molar-refractivity contribution in [3.63, 3.8) is 0 Å². The largest absolute Gasteiger partial charge is 0.445 e. The first-order valence-corrected chi connectivity index (χ1v) is 9.14. The number of aliphatic hydroxyl groups is 1. The molecule has 1 aromatic rings. The van der Waals surface area contributed by atoms with E-state index in [0.29, 0.717) is 31.8 Å². The highest BCUT2D eigenvalue weighted by Gasteiger charge is 2.35. The van der Waals surface area contributed by atoms with Gasteiger partial charge in [-0.2, -0.15) is 0 Å². The number of aliphatic hydroxyl groups excluding tert-OH is 1. The van der Waals surface area contributed by atoms with Crippen molar-refractivity contribution in [2.45, 2.75) is 71.1 Å². The molecule has 0 unspecified atom stereocenters. The molecule has 2 aliphatic rings. The third-order valence-electron chi connectivity index (χ3n) is 5.24. The van der Waals surface area contributed by atoms with Crippen LogP contribution in [0.5, 0.6) is 0 Å². The molecule has 7 heteroatoms. The summed E-state index contributed by atoms with van der Waals surface area (Å²) < 4.78 is 5.86. The van der Waals surface area contributed by atoms with Crippen molar-refractivity contribution in [1.29, 1.82) is 0 Å². The van der Waals surface area contributed by atoms with E-state index in [9.17, 15) is 9.90 Å². The first-order chi connectivity index (χ1) is 11.4. The van der Waals surface area contributed by atoms with Crippen LogP contribution < -0.4 is 5.73 Å². The molecule has 1 aliphatic carbocycles. The third kappa shape index (κ3) is 4.74. The summed E-state index contributed by atoms with van der Waals surface area (Å²) in [5.74, 6) is 2.36. The lowest BCUT2D eigenvalue weighted by molar-refractivity contribution is -0.139. The second-order valence-corrected chi connectivity index (χ2v) is 7.66. The summed E-state index contributed by atoms with van der Waals surface area (Å²) in [6.07, 6.45) is 4.02. The Balaban J connectivity index is 0.00000225. The van der Waals surface area contributed by atoms with E-state index >= 15 is 0 Å². The SMILES string of the molecule is CC(C)CCc1nc2c(o1)CCN(C(=O)[C@H]1CC[C@@H](N)[C@H](O)C1)C2.Cl. The summed E-state index contributed by atoms with van der Waals surface area (Å²) >= 11 is 0. The lowest BCUT2D eigenvalue weighted by Crippen LogP contribution is -2.46. The van der Waals surface area contributed by atoms with Gasteiger partial charge in [0.1, 0.15) is 11.5 Å². The van der Waals surface area contributed by atoms with Crippen molar-refractivity contribution >= 4 is 18.3 Å². The fraction of sp³-hybridized carbons (Fsp3) is 0.778. The van der Waals surface area contributed by atoms with Crippen LogP contribution in [0.25, 0.3) is 0 Å². The first kappa shape index (κ1) is 20.2. The van der Waals surface area contributed by atoms with Gasteiger partial charge in [-0.1, -0.05) is 13.8 Å².